The Morgan fingerprint density at radius 1 is 1.42 bits per heavy atom. The van der Waals surface area contributed by atoms with E-state index in [9.17, 15) is 0 Å². The maximum Gasteiger partial charge on any atom is 0.117 e. The molecule has 0 radical (unpaired) electrons. The molecule has 68 valence electrons. The van der Waals surface area contributed by atoms with Gasteiger partial charge < -0.3 is 4.90 Å². The average molecular weight is 166 g/mol. The lowest BCUT2D eigenvalue weighted by Crippen LogP contribution is -2.21. The molecule has 0 aromatic heterocycles. The van der Waals surface area contributed by atoms with Crippen molar-refractivity contribution in [3.05, 3.63) is 11.8 Å². The maximum absolute atomic E-state index is 8.85. The zero-order valence-electron chi connectivity index (χ0n) is 8.46. The fourth-order valence-corrected chi connectivity index (χ4v) is 1.09. The lowest BCUT2D eigenvalue weighted by molar-refractivity contribution is 0.393. The second-order valence-corrected chi connectivity index (χ2v) is 3.08. The number of allylic oxidation sites excluding steroid dienone is 2. The standard InChI is InChI=1S/C10H18N2/c1-5-12(6-2)10(8-11)7-9(3)4/h7,9H,5-6H2,1-4H3/b10-7+. The molecule has 0 aromatic carbocycles. The van der Waals surface area contributed by atoms with Gasteiger partial charge in [-0.25, -0.2) is 0 Å². The molecule has 0 aromatic rings. The fraction of sp³-hybridized carbons (Fsp3) is 0.700. The largest absolute Gasteiger partial charge is 0.364 e. The minimum Gasteiger partial charge on any atom is -0.364 e. The summed E-state index contributed by atoms with van der Waals surface area (Å²) in [5.74, 6) is 0.445. The van der Waals surface area contributed by atoms with E-state index in [2.05, 4.69) is 38.7 Å². The van der Waals surface area contributed by atoms with Crippen LogP contribution in [0, 0.1) is 17.2 Å². The van der Waals surface area contributed by atoms with Crippen molar-refractivity contribution in [2.75, 3.05) is 13.1 Å². The Morgan fingerprint density at radius 3 is 2.17 bits per heavy atom. The van der Waals surface area contributed by atoms with E-state index < -0.39 is 0 Å². The van der Waals surface area contributed by atoms with Crippen LogP contribution in [-0.4, -0.2) is 18.0 Å². The van der Waals surface area contributed by atoms with Crippen LogP contribution in [-0.2, 0) is 0 Å². The van der Waals surface area contributed by atoms with Crippen LogP contribution in [0.4, 0.5) is 0 Å². The van der Waals surface area contributed by atoms with Crippen molar-refractivity contribution in [1.82, 2.24) is 4.90 Å². The number of hydrogen-bond donors (Lipinski definition) is 0. The van der Waals surface area contributed by atoms with Crippen molar-refractivity contribution < 1.29 is 0 Å². The second-order valence-electron chi connectivity index (χ2n) is 3.08. The van der Waals surface area contributed by atoms with Gasteiger partial charge in [0.15, 0.2) is 0 Å². The Kier molecular flexibility index (Phi) is 5.19. The number of rotatable bonds is 4. The van der Waals surface area contributed by atoms with Gasteiger partial charge in [0.25, 0.3) is 0 Å². The predicted molar refractivity (Wildman–Crippen MR) is 51.5 cm³/mol. The molecule has 0 amide bonds. The van der Waals surface area contributed by atoms with E-state index in [0.717, 1.165) is 18.8 Å². The van der Waals surface area contributed by atoms with Crippen molar-refractivity contribution in [2.24, 2.45) is 5.92 Å². The Balaban J connectivity index is 4.44. The van der Waals surface area contributed by atoms with E-state index in [1.807, 2.05) is 6.08 Å². The molecule has 0 aliphatic carbocycles. The zero-order chi connectivity index (χ0) is 9.56. The van der Waals surface area contributed by atoms with Gasteiger partial charge in [-0.1, -0.05) is 13.8 Å². The molecule has 2 heteroatoms. The van der Waals surface area contributed by atoms with E-state index in [-0.39, 0.29) is 0 Å². The quantitative estimate of drug-likeness (QED) is 0.600. The topological polar surface area (TPSA) is 27.0 Å². The summed E-state index contributed by atoms with van der Waals surface area (Å²) in [6.07, 6.45) is 2.01. The summed E-state index contributed by atoms with van der Waals surface area (Å²) in [7, 11) is 0. The van der Waals surface area contributed by atoms with Gasteiger partial charge in [0, 0.05) is 13.1 Å². The number of hydrogen-bond acceptors (Lipinski definition) is 2. The van der Waals surface area contributed by atoms with Crippen LogP contribution in [0.5, 0.6) is 0 Å². The summed E-state index contributed by atoms with van der Waals surface area (Å²) in [4.78, 5) is 2.07. The third-order valence-corrected chi connectivity index (χ3v) is 1.71. The molecule has 0 unspecified atom stereocenters. The van der Waals surface area contributed by atoms with E-state index in [0.29, 0.717) is 5.92 Å². The van der Waals surface area contributed by atoms with E-state index >= 15 is 0 Å². The first-order valence-electron chi connectivity index (χ1n) is 4.52. The molecular weight excluding hydrogens is 148 g/mol. The van der Waals surface area contributed by atoms with Crippen LogP contribution in [0.2, 0.25) is 0 Å². The first-order valence-corrected chi connectivity index (χ1v) is 4.52. The van der Waals surface area contributed by atoms with Crippen LogP contribution in [0.25, 0.3) is 0 Å². The average Bonchev–Trinajstić information content (AvgIpc) is 2.04. The predicted octanol–water partition coefficient (Wildman–Crippen LogP) is 2.39. The van der Waals surface area contributed by atoms with Gasteiger partial charge in [0.05, 0.1) is 0 Å². The highest BCUT2D eigenvalue weighted by Gasteiger charge is 2.04. The van der Waals surface area contributed by atoms with Crippen molar-refractivity contribution in [1.29, 1.82) is 5.26 Å². The Labute approximate surface area is 75.5 Å². The third kappa shape index (κ3) is 3.43. The van der Waals surface area contributed by atoms with Crippen molar-refractivity contribution >= 4 is 0 Å². The van der Waals surface area contributed by atoms with Gasteiger partial charge in [-0.2, -0.15) is 5.26 Å². The zero-order valence-corrected chi connectivity index (χ0v) is 8.46. The SMILES string of the molecule is CCN(CC)/C(C#N)=C/C(C)C. The summed E-state index contributed by atoms with van der Waals surface area (Å²) < 4.78 is 0. The molecule has 0 spiro atoms. The number of nitriles is 1. The molecule has 0 fully saturated rings. The monoisotopic (exact) mass is 166 g/mol. The molecule has 0 N–H and O–H groups in total. The normalized spacial score (nSPS) is 11.5. The van der Waals surface area contributed by atoms with E-state index in [1.165, 1.54) is 0 Å². The highest BCUT2D eigenvalue weighted by molar-refractivity contribution is 5.19. The first-order chi connectivity index (χ1) is 5.65. The highest BCUT2D eigenvalue weighted by Crippen LogP contribution is 2.06. The molecule has 0 bridgehead atoms. The fourth-order valence-electron chi connectivity index (χ4n) is 1.09. The van der Waals surface area contributed by atoms with Crippen LogP contribution in [0.3, 0.4) is 0 Å². The second kappa shape index (κ2) is 5.65. The lowest BCUT2D eigenvalue weighted by Gasteiger charge is -2.19. The molecule has 0 saturated heterocycles. The summed E-state index contributed by atoms with van der Waals surface area (Å²) >= 11 is 0. The first kappa shape index (κ1) is 11.0. The Morgan fingerprint density at radius 2 is 1.92 bits per heavy atom. The van der Waals surface area contributed by atoms with Gasteiger partial charge >= 0.3 is 0 Å². The lowest BCUT2D eigenvalue weighted by atomic mass is 10.2. The van der Waals surface area contributed by atoms with Crippen molar-refractivity contribution in [3.63, 3.8) is 0 Å². The van der Waals surface area contributed by atoms with E-state index in [1.54, 1.807) is 0 Å². The molecule has 2 nitrogen and oxygen atoms in total. The molecule has 0 aliphatic heterocycles. The smallest absolute Gasteiger partial charge is 0.117 e. The molecule has 12 heavy (non-hydrogen) atoms. The molecule has 0 atom stereocenters. The van der Waals surface area contributed by atoms with Crippen LogP contribution >= 0.6 is 0 Å². The van der Waals surface area contributed by atoms with Gasteiger partial charge in [-0.3, -0.25) is 0 Å². The molecular formula is C10H18N2. The van der Waals surface area contributed by atoms with Crippen molar-refractivity contribution in [3.8, 4) is 6.07 Å². The summed E-state index contributed by atoms with van der Waals surface area (Å²) in [6, 6.07) is 2.22. The number of nitrogens with zero attached hydrogens (tertiary/aromatic N) is 2. The van der Waals surface area contributed by atoms with Crippen LogP contribution < -0.4 is 0 Å². The Hall–Kier alpha value is -0.970. The van der Waals surface area contributed by atoms with Crippen LogP contribution in [0.1, 0.15) is 27.7 Å². The summed E-state index contributed by atoms with van der Waals surface area (Å²) in [5.41, 5.74) is 0.801. The highest BCUT2D eigenvalue weighted by atomic mass is 15.1. The van der Waals surface area contributed by atoms with Gasteiger partial charge in [0.2, 0.25) is 0 Å². The molecule has 0 heterocycles. The Bertz CT molecular complexity index is 183. The molecule has 0 saturated carbocycles. The van der Waals surface area contributed by atoms with Crippen molar-refractivity contribution in [2.45, 2.75) is 27.7 Å². The minimum atomic E-state index is 0.445. The maximum atomic E-state index is 8.85. The van der Waals surface area contributed by atoms with E-state index in [4.69, 9.17) is 5.26 Å². The van der Waals surface area contributed by atoms with Crippen LogP contribution in [0.15, 0.2) is 11.8 Å². The van der Waals surface area contributed by atoms with Gasteiger partial charge in [-0.15, -0.1) is 0 Å². The third-order valence-electron chi connectivity index (χ3n) is 1.71. The molecule has 0 aliphatic rings. The van der Waals surface area contributed by atoms with Gasteiger partial charge in [-0.05, 0) is 25.8 Å². The molecule has 0 rings (SSSR count). The minimum absolute atomic E-state index is 0.445. The van der Waals surface area contributed by atoms with Gasteiger partial charge in [0.1, 0.15) is 11.8 Å². The summed E-state index contributed by atoms with van der Waals surface area (Å²) in [6.45, 7) is 10.1. The summed E-state index contributed by atoms with van der Waals surface area (Å²) in [5, 5.41) is 8.85.